The molecule has 1 aromatic rings. The van der Waals surface area contributed by atoms with Gasteiger partial charge in [-0.25, -0.2) is 4.39 Å². The SMILES string of the molecule is COc1ccc(CC(N)C2OCCC2C)cc1F. The first kappa shape index (κ1) is 13.3. The van der Waals surface area contributed by atoms with Gasteiger partial charge in [0.1, 0.15) is 0 Å². The summed E-state index contributed by atoms with van der Waals surface area (Å²) < 4.78 is 24.1. The van der Waals surface area contributed by atoms with Crippen LogP contribution in [-0.4, -0.2) is 25.9 Å². The lowest BCUT2D eigenvalue weighted by Gasteiger charge is -2.22. The molecule has 1 heterocycles. The smallest absolute Gasteiger partial charge is 0.165 e. The van der Waals surface area contributed by atoms with Crippen LogP contribution in [-0.2, 0) is 11.2 Å². The van der Waals surface area contributed by atoms with Crippen LogP contribution in [0, 0.1) is 11.7 Å². The fourth-order valence-electron chi connectivity index (χ4n) is 2.49. The summed E-state index contributed by atoms with van der Waals surface area (Å²) in [4.78, 5) is 0. The molecule has 0 aliphatic carbocycles. The van der Waals surface area contributed by atoms with Gasteiger partial charge in [-0.2, -0.15) is 0 Å². The van der Waals surface area contributed by atoms with Crippen LogP contribution in [0.1, 0.15) is 18.9 Å². The molecule has 1 aliphatic rings. The summed E-state index contributed by atoms with van der Waals surface area (Å²) in [5.74, 6) is 0.392. The van der Waals surface area contributed by atoms with E-state index < -0.39 is 0 Å². The highest BCUT2D eigenvalue weighted by atomic mass is 19.1. The normalized spacial score (nSPS) is 25.1. The van der Waals surface area contributed by atoms with E-state index in [9.17, 15) is 4.39 Å². The van der Waals surface area contributed by atoms with Crippen LogP contribution in [0.15, 0.2) is 18.2 Å². The van der Waals surface area contributed by atoms with E-state index in [1.165, 1.54) is 13.2 Å². The van der Waals surface area contributed by atoms with E-state index in [0.29, 0.717) is 12.3 Å². The monoisotopic (exact) mass is 253 g/mol. The summed E-state index contributed by atoms with van der Waals surface area (Å²) in [7, 11) is 1.46. The first-order valence-corrected chi connectivity index (χ1v) is 6.31. The van der Waals surface area contributed by atoms with Crippen LogP contribution in [0.4, 0.5) is 4.39 Å². The highest BCUT2D eigenvalue weighted by Crippen LogP contribution is 2.25. The van der Waals surface area contributed by atoms with Gasteiger partial charge in [-0.05, 0) is 36.5 Å². The van der Waals surface area contributed by atoms with Gasteiger partial charge in [-0.3, -0.25) is 0 Å². The first-order valence-electron chi connectivity index (χ1n) is 6.31. The summed E-state index contributed by atoms with van der Waals surface area (Å²) in [5, 5.41) is 0. The lowest BCUT2D eigenvalue weighted by Crippen LogP contribution is -2.39. The topological polar surface area (TPSA) is 44.5 Å². The van der Waals surface area contributed by atoms with Gasteiger partial charge < -0.3 is 15.2 Å². The van der Waals surface area contributed by atoms with Crippen LogP contribution in [0.25, 0.3) is 0 Å². The molecule has 0 saturated carbocycles. The molecule has 1 aliphatic heterocycles. The zero-order valence-corrected chi connectivity index (χ0v) is 10.9. The Morgan fingerprint density at radius 3 is 2.89 bits per heavy atom. The maximum atomic E-state index is 13.6. The standard InChI is InChI=1S/C14H20FNO2/c1-9-5-6-18-14(9)12(16)8-10-3-4-13(17-2)11(15)7-10/h3-4,7,9,12,14H,5-6,8,16H2,1-2H3. The van der Waals surface area contributed by atoms with E-state index >= 15 is 0 Å². The van der Waals surface area contributed by atoms with Crippen LogP contribution < -0.4 is 10.5 Å². The average molecular weight is 253 g/mol. The molecule has 1 fully saturated rings. The Morgan fingerprint density at radius 2 is 2.33 bits per heavy atom. The Morgan fingerprint density at radius 1 is 1.56 bits per heavy atom. The van der Waals surface area contributed by atoms with Crippen molar-refractivity contribution in [3.8, 4) is 5.75 Å². The summed E-state index contributed by atoms with van der Waals surface area (Å²) >= 11 is 0. The molecule has 3 unspecified atom stereocenters. The van der Waals surface area contributed by atoms with Crippen molar-refractivity contribution < 1.29 is 13.9 Å². The van der Waals surface area contributed by atoms with Gasteiger partial charge in [-0.1, -0.05) is 13.0 Å². The van der Waals surface area contributed by atoms with E-state index in [2.05, 4.69) is 6.92 Å². The summed E-state index contributed by atoms with van der Waals surface area (Å²) in [5.41, 5.74) is 7.02. The highest BCUT2D eigenvalue weighted by molar-refractivity contribution is 5.29. The predicted molar refractivity (Wildman–Crippen MR) is 68.2 cm³/mol. The van der Waals surface area contributed by atoms with Crippen LogP contribution in [0.5, 0.6) is 5.75 Å². The van der Waals surface area contributed by atoms with Crippen molar-refractivity contribution in [3.63, 3.8) is 0 Å². The third kappa shape index (κ3) is 2.82. The quantitative estimate of drug-likeness (QED) is 0.894. The van der Waals surface area contributed by atoms with Crippen molar-refractivity contribution >= 4 is 0 Å². The van der Waals surface area contributed by atoms with Gasteiger partial charge >= 0.3 is 0 Å². The maximum absolute atomic E-state index is 13.6. The minimum absolute atomic E-state index is 0.0789. The summed E-state index contributed by atoms with van der Waals surface area (Å²) in [6.07, 6.45) is 1.75. The minimum atomic E-state index is -0.345. The number of methoxy groups -OCH3 is 1. The fourth-order valence-corrected chi connectivity index (χ4v) is 2.49. The largest absolute Gasteiger partial charge is 0.494 e. The first-order chi connectivity index (χ1) is 8.61. The van der Waals surface area contributed by atoms with Crippen LogP contribution in [0.3, 0.4) is 0 Å². The van der Waals surface area contributed by atoms with Crippen LogP contribution in [0.2, 0.25) is 0 Å². The molecule has 1 saturated heterocycles. The Hall–Kier alpha value is -1.13. The molecule has 100 valence electrons. The number of hydrogen-bond donors (Lipinski definition) is 1. The zero-order chi connectivity index (χ0) is 13.1. The molecular weight excluding hydrogens is 233 g/mol. The second kappa shape index (κ2) is 5.67. The van der Waals surface area contributed by atoms with E-state index in [0.717, 1.165) is 18.6 Å². The molecule has 0 amide bonds. The van der Waals surface area contributed by atoms with Gasteiger partial charge in [0.2, 0.25) is 0 Å². The van der Waals surface area contributed by atoms with Crippen molar-refractivity contribution in [2.75, 3.05) is 13.7 Å². The third-order valence-corrected chi connectivity index (χ3v) is 3.55. The Balaban J connectivity index is 2.02. The molecule has 3 atom stereocenters. The molecule has 2 rings (SSSR count). The van der Waals surface area contributed by atoms with Gasteiger partial charge in [0, 0.05) is 12.6 Å². The second-order valence-electron chi connectivity index (χ2n) is 4.94. The highest BCUT2D eigenvalue weighted by Gasteiger charge is 2.29. The van der Waals surface area contributed by atoms with Gasteiger partial charge in [0.05, 0.1) is 13.2 Å². The van der Waals surface area contributed by atoms with Gasteiger partial charge in [0.25, 0.3) is 0 Å². The number of benzene rings is 1. The van der Waals surface area contributed by atoms with Crippen molar-refractivity contribution in [3.05, 3.63) is 29.6 Å². The number of rotatable bonds is 4. The molecule has 4 heteroatoms. The minimum Gasteiger partial charge on any atom is -0.494 e. The molecule has 0 aromatic heterocycles. The summed E-state index contributed by atoms with van der Waals surface area (Å²) in [6, 6.07) is 4.88. The van der Waals surface area contributed by atoms with E-state index in [1.807, 2.05) is 6.07 Å². The molecule has 2 N–H and O–H groups in total. The fraction of sp³-hybridized carbons (Fsp3) is 0.571. The zero-order valence-electron chi connectivity index (χ0n) is 10.9. The number of halogens is 1. The molecule has 0 spiro atoms. The number of ether oxygens (including phenoxy) is 2. The number of hydrogen-bond acceptors (Lipinski definition) is 3. The maximum Gasteiger partial charge on any atom is 0.165 e. The molecule has 3 nitrogen and oxygen atoms in total. The molecule has 18 heavy (non-hydrogen) atoms. The van der Waals surface area contributed by atoms with E-state index in [-0.39, 0.29) is 23.7 Å². The average Bonchev–Trinajstić information content (AvgIpc) is 2.76. The van der Waals surface area contributed by atoms with Crippen molar-refractivity contribution in [1.29, 1.82) is 0 Å². The van der Waals surface area contributed by atoms with Crippen molar-refractivity contribution in [2.45, 2.75) is 31.9 Å². The lowest BCUT2D eigenvalue weighted by atomic mass is 9.93. The van der Waals surface area contributed by atoms with Crippen molar-refractivity contribution in [2.24, 2.45) is 11.7 Å². The molecule has 1 aromatic carbocycles. The lowest BCUT2D eigenvalue weighted by molar-refractivity contribution is 0.0726. The Kier molecular flexibility index (Phi) is 4.19. The van der Waals surface area contributed by atoms with Gasteiger partial charge in [0.15, 0.2) is 11.6 Å². The molecule has 0 bridgehead atoms. The van der Waals surface area contributed by atoms with Crippen molar-refractivity contribution in [1.82, 2.24) is 0 Å². The molecular formula is C14H20FNO2. The Bertz CT molecular complexity index is 411. The summed E-state index contributed by atoms with van der Waals surface area (Å²) in [6.45, 7) is 2.92. The third-order valence-electron chi connectivity index (χ3n) is 3.55. The van der Waals surface area contributed by atoms with E-state index in [1.54, 1.807) is 6.07 Å². The second-order valence-corrected chi connectivity index (χ2v) is 4.94. The Labute approximate surface area is 107 Å². The van der Waals surface area contributed by atoms with Crippen LogP contribution >= 0.6 is 0 Å². The van der Waals surface area contributed by atoms with Gasteiger partial charge in [-0.15, -0.1) is 0 Å². The predicted octanol–water partition coefficient (Wildman–Crippen LogP) is 2.13. The number of nitrogens with two attached hydrogens (primary N) is 1. The molecule has 0 radical (unpaired) electrons. The van der Waals surface area contributed by atoms with E-state index in [4.69, 9.17) is 15.2 Å².